The Morgan fingerprint density at radius 1 is 0.957 bits per heavy atom. The molecule has 0 radical (unpaired) electrons. The smallest absolute Gasteiger partial charge is 0.294 e. The van der Waals surface area contributed by atoms with Gasteiger partial charge in [0.15, 0.2) is 0 Å². The molecule has 0 atom stereocenters. The third-order valence-corrected chi connectivity index (χ3v) is 4.79. The molecule has 120 valence electrons. The highest BCUT2D eigenvalue weighted by molar-refractivity contribution is 14.1. The van der Waals surface area contributed by atoms with Crippen LogP contribution in [-0.4, -0.2) is 13.0 Å². The molecule has 1 N–H and O–H groups in total. The predicted molar refractivity (Wildman–Crippen MR) is 97.9 cm³/mol. The highest BCUT2D eigenvalue weighted by Gasteiger charge is 2.06. The first kappa shape index (κ1) is 17.7. The highest BCUT2D eigenvalue weighted by Crippen LogP contribution is 2.24. The fourth-order valence-electron chi connectivity index (χ4n) is 1.80. The third-order valence-electron chi connectivity index (χ3n) is 2.98. The van der Waals surface area contributed by atoms with Gasteiger partial charge in [0.25, 0.3) is 10.1 Å². The van der Waals surface area contributed by atoms with E-state index >= 15 is 0 Å². The lowest BCUT2D eigenvalue weighted by Crippen LogP contribution is -1.96. The van der Waals surface area contributed by atoms with Crippen LogP contribution in [0.5, 0.6) is 0 Å². The minimum Gasteiger partial charge on any atom is -0.464 e. The summed E-state index contributed by atoms with van der Waals surface area (Å²) < 4.78 is 36.1. The maximum absolute atomic E-state index is 10.5. The van der Waals surface area contributed by atoms with Crippen LogP contribution in [0, 0.1) is 10.5 Å². The van der Waals surface area contributed by atoms with Crippen molar-refractivity contribution in [2.24, 2.45) is 0 Å². The van der Waals surface area contributed by atoms with Crippen molar-refractivity contribution in [3.05, 3.63) is 76.1 Å². The fourth-order valence-corrected chi connectivity index (χ4v) is 2.94. The first-order chi connectivity index (χ1) is 10.9. The molecule has 23 heavy (non-hydrogen) atoms. The summed E-state index contributed by atoms with van der Waals surface area (Å²) in [5, 5.41) is 0. The van der Waals surface area contributed by atoms with Crippen LogP contribution >= 0.6 is 22.6 Å². The molecule has 0 unspecified atom stereocenters. The lowest BCUT2D eigenvalue weighted by Gasteiger charge is -1.98. The summed E-state index contributed by atoms with van der Waals surface area (Å²) in [6, 6.07) is 18.0. The van der Waals surface area contributed by atoms with E-state index in [4.69, 9.17) is 8.97 Å². The van der Waals surface area contributed by atoms with Gasteiger partial charge in [0.1, 0.15) is 5.76 Å². The molecule has 0 saturated heterocycles. The van der Waals surface area contributed by atoms with Crippen LogP contribution in [0.4, 0.5) is 0 Å². The van der Waals surface area contributed by atoms with Gasteiger partial charge in [-0.15, -0.1) is 0 Å². The van der Waals surface area contributed by atoms with Gasteiger partial charge in [-0.05, 0) is 59.8 Å². The molecule has 0 bridgehead atoms. The Labute approximate surface area is 149 Å². The molecule has 1 aromatic heterocycles. The van der Waals surface area contributed by atoms with Gasteiger partial charge in [0.05, 0.1) is 11.2 Å². The molecule has 6 heteroatoms. The number of furan rings is 1. The zero-order chi connectivity index (χ0) is 16.9. The first-order valence-electron chi connectivity index (χ1n) is 6.70. The minimum absolute atomic E-state index is 0.0666. The van der Waals surface area contributed by atoms with Crippen molar-refractivity contribution in [2.45, 2.75) is 11.8 Å². The molecule has 0 aliphatic rings. The SMILES string of the molecule is Cc1ccc(S(=O)(=O)O)cc1.Ic1ccccc1-c1ccco1. The molecule has 1 heterocycles. The summed E-state index contributed by atoms with van der Waals surface area (Å²) in [6.07, 6.45) is 1.69. The van der Waals surface area contributed by atoms with Crippen molar-refractivity contribution < 1.29 is 17.4 Å². The molecule has 0 aliphatic carbocycles. The van der Waals surface area contributed by atoms with Gasteiger partial charge in [-0.25, -0.2) is 0 Å². The molecule has 0 fully saturated rings. The van der Waals surface area contributed by atoms with Gasteiger partial charge in [-0.3, -0.25) is 4.55 Å². The van der Waals surface area contributed by atoms with Crippen molar-refractivity contribution >= 4 is 32.7 Å². The molecule has 0 spiro atoms. The van der Waals surface area contributed by atoms with E-state index < -0.39 is 10.1 Å². The van der Waals surface area contributed by atoms with E-state index in [9.17, 15) is 8.42 Å². The van der Waals surface area contributed by atoms with Crippen LogP contribution < -0.4 is 0 Å². The molecule has 3 rings (SSSR count). The largest absolute Gasteiger partial charge is 0.464 e. The summed E-state index contributed by atoms with van der Waals surface area (Å²) >= 11 is 2.30. The number of benzene rings is 2. The fraction of sp³-hybridized carbons (Fsp3) is 0.0588. The van der Waals surface area contributed by atoms with E-state index in [1.807, 2.05) is 31.2 Å². The number of halogens is 1. The van der Waals surface area contributed by atoms with Gasteiger partial charge in [-0.1, -0.05) is 35.9 Å². The summed E-state index contributed by atoms with van der Waals surface area (Å²) in [6.45, 7) is 1.84. The second-order valence-corrected chi connectivity index (χ2v) is 7.33. The van der Waals surface area contributed by atoms with Crippen LogP contribution in [0.3, 0.4) is 0 Å². The van der Waals surface area contributed by atoms with Gasteiger partial charge in [-0.2, -0.15) is 8.42 Å². The van der Waals surface area contributed by atoms with Gasteiger partial charge >= 0.3 is 0 Å². The van der Waals surface area contributed by atoms with E-state index in [0.717, 1.165) is 16.9 Å². The Bertz CT molecular complexity index is 854. The standard InChI is InChI=1S/C10H7IO.C7H8O3S/c11-9-5-2-1-4-8(9)10-6-3-7-12-10;1-6-2-4-7(5-3-6)11(8,9)10/h1-7H;2-5H,1H3,(H,8,9,10). The summed E-state index contributed by atoms with van der Waals surface area (Å²) in [5.41, 5.74) is 2.11. The molecule has 2 aromatic carbocycles. The van der Waals surface area contributed by atoms with E-state index in [0.29, 0.717) is 0 Å². The van der Waals surface area contributed by atoms with Crippen molar-refractivity contribution in [2.75, 3.05) is 0 Å². The van der Waals surface area contributed by atoms with Crippen molar-refractivity contribution in [1.29, 1.82) is 0 Å². The summed E-state index contributed by atoms with van der Waals surface area (Å²) in [7, 11) is -4.02. The maximum atomic E-state index is 10.5. The molecular weight excluding hydrogens is 427 g/mol. The monoisotopic (exact) mass is 442 g/mol. The van der Waals surface area contributed by atoms with E-state index in [1.165, 1.54) is 15.7 Å². The highest BCUT2D eigenvalue weighted by atomic mass is 127. The third kappa shape index (κ3) is 5.19. The number of hydrogen-bond acceptors (Lipinski definition) is 3. The molecule has 4 nitrogen and oxygen atoms in total. The van der Waals surface area contributed by atoms with Crippen LogP contribution in [0.15, 0.2) is 76.2 Å². The van der Waals surface area contributed by atoms with E-state index in [1.54, 1.807) is 18.4 Å². The first-order valence-corrected chi connectivity index (χ1v) is 9.22. The van der Waals surface area contributed by atoms with Crippen molar-refractivity contribution in [3.63, 3.8) is 0 Å². The molecular formula is C17H15IO4S. The molecule has 0 amide bonds. The lowest BCUT2D eigenvalue weighted by molar-refractivity contribution is 0.483. The van der Waals surface area contributed by atoms with Crippen LogP contribution in [-0.2, 0) is 10.1 Å². The Balaban J connectivity index is 0.000000168. The van der Waals surface area contributed by atoms with E-state index in [-0.39, 0.29) is 4.90 Å². The minimum atomic E-state index is -4.02. The van der Waals surface area contributed by atoms with Crippen molar-refractivity contribution in [1.82, 2.24) is 0 Å². The topological polar surface area (TPSA) is 67.5 Å². The predicted octanol–water partition coefficient (Wildman–Crippen LogP) is 4.79. The second-order valence-electron chi connectivity index (χ2n) is 4.75. The van der Waals surface area contributed by atoms with Crippen LogP contribution in [0.2, 0.25) is 0 Å². The Morgan fingerprint density at radius 2 is 1.61 bits per heavy atom. The average Bonchev–Trinajstić information content (AvgIpc) is 3.02. The zero-order valence-corrected chi connectivity index (χ0v) is 15.3. The number of rotatable bonds is 2. The lowest BCUT2D eigenvalue weighted by atomic mass is 10.2. The van der Waals surface area contributed by atoms with Gasteiger partial charge in [0.2, 0.25) is 0 Å². The Kier molecular flexibility index (Phi) is 5.97. The van der Waals surface area contributed by atoms with E-state index in [2.05, 4.69) is 34.7 Å². The average molecular weight is 442 g/mol. The molecule has 0 aliphatic heterocycles. The zero-order valence-electron chi connectivity index (χ0n) is 12.3. The summed E-state index contributed by atoms with van der Waals surface area (Å²) in [4.78, 5) is -0.0666. The van der Waals surface area contributed by atoms with Crippen LogP contribution in [0.1, 0.15) is 5.56 Å². The van der Waals surface area contributed by atoms with Crippen molar-refractivity contribution in [3.8, 4) is 11.3 Å². The quantitative estimate of drug-likeness (QED) is 0.458. The molecule has 3 aromatic rings. The maximum Gasteiger partial charge on any atom is 0.294 e. The van der Waals surface area contributed by atoms with Gasteiger partial charge < -0.3 is 4.42 Å². The second kappa shape index (κ2) is 7.76. The number of hydrogen-bond donors (Lipinski definition) is 1. The Morgan fingerprint density at radius 3 is 2.13 bits per heavy atom. The Hall–Kier alpha value is -1.64. The molecule has 0 saturated carbocycles. The van der Waals surface area contributed by atoms with Crippen LogP contribution in [0.25, 0.3) is 11.3 Å². The van der Waals surface area contributed by atoms with Gasteiger partial charge in [0, 0.05) is 9.13 Å². The normalized spacial score (nSPS) is 10.7. The summed E-state index contributed by atoms with van der Waals surface area (Å²) in [5.74, 6) is 0.931. The number of aryl methyl sites for hydroxylation is 1.